The van der Waals surface area contributed by atoms with Crippen molar-refractivity contribution in [3.8, 4) is 5.75 Å². The van der Waals surface area contributed by atoms with Gasteiger partial charge in [-0.05, 0) is 17.7 Å². The van der Waals surface area contributed by atoms with E-state index in [9.17, 15) is 0 Å². The number of anilines is 3. The standard InChI is InChI=1S/C22H27N7O/c1-30-19-9-5-8-18(14-19)24-22-26-20(25-21(23)27-22)16-29-12-10-28(11-13-29)15-17-6-3-2-4-7-17/h2-9,14H,10-13,15-16H2,1H3,(H3,23,24,25,26,27). The molecule has 1 aromatic heterocycles. The highest BCUT2D eigenvalue weighted by Gasteiger charge is 2.18. The maximum Gasteiger partial charge on any atom is 0.232 e. The molecule has 2 heterocycles. The smallest absolute Gasteiger partial charge is 0.232 e. The van der Waals surface area contributed by atoms with Crippen molar-refractivity contribution < 1.29 is 4.74 Å². The Morgan fingerprint density at radius 1 is 0.900 bits per heavy atom. The molecule has 0 spiro atoms. The number of nitrogens with zero attached hydrogens (tertiary/aromatic N) is 5. The molecule has 0 aliphatic carbocycles. The van der Waals surface area contributed by atoms with Crippen LogP contribution in [-0.2, 0) is 13.1 Å². The lowest BCUT2D eigenvalue weighted by Crippen LogP contribution is -2.45. The third kappa shape index (κ3) is 5.43. The number of nitrogens with two attached hydrogens (primary N) is 1. The maximum atomic E-state index is 5.93. The highest BCUT2D eigenvalue weighted by Crippen LogP contribution is 2.20. The van der Waals surface area contributed by atoms with Crippen LogP contribution in [0.1, 0.15) is 11.4 Å². The van der Waals surface area contributed by atoms with E-state index in [0.717, 1.165) is 44.2 Å². The monoisotopic (exact) mass is 405 g/mol. The molecule has 8 heteroatoms. The summed E-state index contributed by atoms with van der Waals surface area (Å²) in [6.45, 7) is 5.61. The van der Waals surface area contributed by atoms with E-state index in [1.54, 1.807) is 7.11 Å². The Bertz CT molecular complexity index is 959. The van der Waals surface area contributed by atoms with Crippen molar-refractivity contribution in [1.29, 1.82) is 0 Å². The van der Waals surface area contributed by atoms with Crippen LogP contribution >= 0.6 is 0 Å². The fourth-order valence-corrected chi connectivity index (χ4v) is 3.54. The summed E-state index contributed by atoms with van der Waals surface area (Å²) in [4.78, 5) is 17.9. The highest BCUT2D eigenvalue weighted by atomic mass is 16.5. The molecule has 0 atom stereocenters. The van der Waals surface area contributed by atoms with E-state index in [1.165, 1.54) is 5.56 Å². The molecule has 1 saturated heterocycles. The first-order chi connectivity index (χ1) is 14.7. The SMILES string of the molecule is COc1cccc(Nc2nc(N)nc(CN3CCN(Cc4ccccc4)CC3)n2)c1. The van der Waals surface area contributed by atoms with Crippen LogP contribution in [0.2, 0.25) is 0 Å². The fourth-order valence-electron chi connectivity index (χ4n) is 3.54. The molecule has 3 aromatic rings. The molecule has 0 amide bonds. The normalized spacial score (nSPS) is 15.1. The third-order valence-corrected chi connectivity index (χ3v) is 5.10. The Kier molecular flexibility index (Phi) is 6.36. The van der Waals surface area contributed by atoms with Crippen LogP contribution in [0.15, 0.2) is 54.6 Å². The van der Waals surface area contributed by atoms with Gasteiger partial charge in [0.2, 0.25) is 11.9 Å². The molecular formula is C22H27N7O. The van der Waals surface area contributed by atoms with Crippen molar-refractivity contribution in [1.82, 2.24) is 24.8 Å². The van der Waals surface area contributed by atoms with E-state index < -0.39 is 0 Å². The molecule has 2 aromatic carbocycles. The molecule has 0 bridgehead atoms. The summed E-state index contributed by atoms with van der Waals surface area (Å²) >= 11 is 0. The summed E-state index contributed by atoms with van der Waals surface area (Å²) in [5.74, 6) is 2.08. The second-order valence-corrected chi connectivity index (χ2v) is 7.33. The average Bonchev–Trinajstić information content (AvgIpc) is 2.76. The number of hydrogen-bond acceptors (Lipinski definition) is 8. The van der Waals surface area contributed by atoms with Crippen LogP contribution in [0, 0.1) is 0 Å². The van der Waals surface area contributed by atoms with Gasteiger partial charge in [0.25, 0.3) is 0 Å². The van der Waals surface area contributed by atoms with Crippen LogP contribution in [0.3, 0.4) is 0 Å². The largest absolute Gasteiger partial charge is 0.497 e. The number of aromatic nitrogens is 3. The quantitative estimate of drug-likeness (QED) is 0.620. The molecule has 0 saturated carbocycles. The molecule has 30 heavy (non-hydrogen) atoms. The van der Waals surface area contributed by atoms with Crippen molar-refractivity contribution in [3.05, 3.63) is 66.0 Å². The van der Waals surface area contributed by atoms with E-state index >= 15 is 0 Å². The second kappa shape index (κ2) is 9.51. The lowest BCUT2D eigenvalue weighted by molar-refractivity contribution is 0.120. The lowest BCUT2D eigenvalue weighted by atomic mass is 10.2. The second-order valence-electron chi connectivity index (χ2n) is 7.33. The first-order valence-corrected chi connectivity index (χ1v) is 10.1. The predicted molar refractivity (Wildman–Crippen MR) is 118 cm³/mol. The summed E-state index contributed by atoms with van der Waals surface area (Å²) in [6, 6.07) is 18.2. The molecule has 4 rings (SSSR count). The van der Waals surface area contributed by atoms with Crippen LogP contribution in [0.5, 0.6) is 5.75 Å². The lowest BCUT2D eigenvalue weighted by Gasteiger charge is -2.34. The zero-order chi connectivity index (χ0) is 20.8. The van der Waals surface area contributed by atoms with Gasteiger partial charge in [-0.2, -0.15) is 15.0 Å². The first kappa shape index (κ1) is 20.1. The minimum Gasteiger partial charge on any atom is -0.497 e. The molecule has 0 unspecified atom stereocenters. The molecule has 156 valence electrons. The van der Waals surface area contributed by atoms with Gasteiger partial charge in [-0.15, -0.1) is 0 Å². The van der Waals surface area contributed by atoms with E-state index in [0.29, 0.717) is 18.3 Å². The Hall–Kier alpha value is -3.23. The summed E-state index contributed by atoms with van der Waals surface area (Å²) in [5.41, 5.74) is 8.11. The molecule has 1 fully saturated rings. The summed E-state index contributed by atoms with van der Waals surface area (Å²) < 4.78 is 5.26. The van der Waals surface area contributed by atoms with Crippen molar-refractivity contribution in [2.75, 3.05) is 44.3 Å². The van der Waals surface area contributed by atoms with Crippen LogP contribution < -0.4 is 15.8 Å². The molecule has 0 radical (unpaired) electrons. The van der Waals surface area contributed by atoms with Gasteiger partial charge in [0.05, 0.1) is 13.7 Å². The number of benzene rings is 2. The number of ether oxygens (including phenoxy) is 1. The Balaban J connectivity index is 1.34. The average molecular weight is 406 g/mol. The molecule has 3 N–H and O–H groups in total. The van der Waals surface area contributed by atoms with E-state index in [2.05, 4.69) is 60.4 Å². The number of piperazine rings is 1. The number of hydrogen-bond donors (Lipinski definition) is 2. The van der Waals surface area contributed by atoms with Gasteiger partial charge in [0.1, 0.15) is 11.6 Å². The Labute approximate surface area is 176 Å². The predicted octanol–water partition coefficient (Wildman–Crippen LogP) is 2.52. The van der Waals surface area contributed by atoms with Crippen molar-refractivity contribution in [2.45, 2.75) is 13.1 Å². The van der Waals surface area contributed by atoms with Crippen molar-refractivity contribution in [2.24, 2.45) is 0 Å². The number of nitrogen functional groups attached to an aromatic ring is 1. The topological polar surface area (TPSA) is 92.4 Å². The minimum atomic E-state index is 0.216. The summed E-state index contributed by atoms with van der Waals surface area (Å²) in [5, 5.41) is 3.18. The number of methoxy groups -OCH3 is 1. The van der Waals surface area contributed by atoms with E-state index in [4.69, 9.17) is 10.5 Å². The first-order valence-electron chi connectivity index (χ1n) is 10.1. The zero-order valence-electron chi connectivity index (χ0n) is 17.2. The zero-order valence-corrected chi connectivity index (χ0v) is 17.2. The van der Waals surface area contributed by atoms with E-state index in [-0.39, 0.29) is 5.95 Å². The minimum absolute atomic E-state index is 0.216. The number of nitrogens with one attached hydrogen (secondary N) is 1. The van der Waals surface area contributed by atoms with Gasteiger partial charge in [0.15, 0.2) is 0 Å². The van der Waals surface area contributed by atoms with Crippen LogP contribution in [0.25, 0.3) is 0 Å². The fraction of sp³-hybridized carbons (Fsp3) is 0.318. The third-order valence-electron chi connectivity index (χ3n) is 5.10. The molecular weight excluding hydrogens is 378 g/mol. The maximum absolute atomic E-state index is 5.93. The summed E-state index contributed by atoms with van der Waals surface area (Å²) in [6.07, 6.45) is 0. The van der Waals surface area contributed by atoms with Crippen molar-refractivity contribution >= 4 is 17.6 Å². The van der Waals surface area contributed by atoms with Gasteiger partial charge in [-0.3, -0.25) is 9.80 Å². The molecule has 1 aliphatic rings. The summed E-state index contributed by atoms with van der Waals surface area (Å²) in [7, 11) is 1.64. The highest BCUT2D eigenvalue weighted by molar-refractivity contribution is 5.56. The molecule has 8 nitrogen and oxygen atoms in total. The van der Waals surface area contributed by atoms with Gasteiger partial charge in [-0.1, -0.05) is 36.4 Å². The van der Waals surface area contributed by atoms with Crippen LogP contribution in [0.4, 0.5) is 17.6 Å². The van der Waals surface area contributed by atoms with Gasteiger partial charge < -0.3 is 15.8 Å². The van der Waals surface area contributed by atoms with Gasteiger partial charge >= 0.3 is 0 Å². The van der Waals surface area contributed by atoms with Crippen LogP contribution in [-0.4, -0.2) is 58.0 Å². The van der Waals surface area contributed by atoms with E-state index in [1.807, 2.05) is 24.3 Å². The van der Waals surface area contributed by atoms with Crippen molar-refractivity contribution in [3.63, 3.8) is 0 Å². The van der Waals surface area contributed by atoms with Gasteiger partial charge in [0, 0.05) is 44.5 Å². The Morgan fingerprint density at radius 3 is 2.37 bits per heavy atom. The Morgan fingerprint density at radius 2 is 1.63 bits per heavy atom. The van der Waals surface area contributed by atoms with Gasteiger partial charge in [-0.25, -0.2) is 0 Å². The number of rotatable bonds is 7. The molecule has 1 aliphatic heterocycles.